The first-order valence-corrected chi connectivity index (χ1v) is 5.60. The lowest BCUT2D eigenvalue weighted by Crippen LogP contribution is -2.44. The predicted octanol–water partition coefficient (Wildman–Crippen LogP) is 1.18. The summed E-state index contributed by atoms with van der Waals surface area (Å²) in [7, 11) is 0. The van der Waals surface area contributed by atoms with Gasteiger partial charge in [0.05, 0.1) is 12.6 Å². The molecule has 1 unspecified atom stereocenters. The van der Waals surface area contributed by atoms with Crippen LogP contribution in [-0.4, -0.2) is 61.2 Å². The third-order valence-electron chi connectivity index (χ3n) is 2.42. The van der Waals surface area contributed by atoms with E-state index in [4.69, 9.17) is 0 Å². The number of aliphatic hydroxyl groups is 1. The molecule has 17 heavy (non-hydrogen) atoms. The summed E-state index contributed by atoms with van der Waals surface area (Å²) in [5, 5.41) is 11.6. The van der Waals surface area contributed by atoms with E-state index in [1.54, 1.807) is 0 Å². The molecule has 0 rings (SSSR count). The second-order valence-corrected chi connectivity index (χ2v) is 3.83. The van der Waals surface area contributed by atoms with Crippen molar-refractivity contribution in [2.45, 2.75) is 32.3 Å². The molecule has 0 aliphatic heterocycles. The van der Waals surface area contributed by atoms with Crippen LogP contribution >= 0.6 is 0 Å². The number of nitrogens with zero attached hydrogens (tertiary/aromatic N) is 1. The van der Waals surface area contributed by atoms with Gasteiger partial charge in [0.15, 0.2) is 0 Å². The van der Waals surface area contributed by atoms with Gasteiger partial charge < -0.3 is 15.3 Å². The maximum absolute atomic E-state index is 12.5. The van der Waals surface area contributed by atoms with E-state index in [1.807, 2.05) is 18.7 Å². The van der Waals surface area contributed by atoms with Crippen LogP contribution in [0.1, 0.15) is 13.8 Å². The van der Waals surface area contributed by atoms with E-state index >= 15 is 0 Å². The van der Waals surface area contributed by atoms with Crippen LogP contribution in [0.15, 0.2) is 0 Å². The monoisotopic (exact) mass is 260 g/mol. The van der Waals surface area contributed by atoms with Gasteiger partial charge in [-0.25, -0.2) is 8.78 Å². The summed E-state index contributed by atoms with van der Waals surface area (Å²) in [4.78, 5) is 1.91. The van der Waals surface area contributed by atoms with Crippen molar-refractivity contribution in [1.82, 2.24) is 10.2 Å². The van der Waals surface area contributed by atoms with Gasteiger partial charge in [-0.3, -0.25) is 0 Å². The lowest BCUT2D eigenvalue weighted by molar-refractivity contribution is -0.125. The minimum atomic E-state index is -4.05. The zero-order valence-corrected chi connectivity index (χ0v) is 10.1. The molecule has 2 N–H and O–H groups in total. The van der Waals surface area contributed by atoms with Crippen LogP contribution in [0.25, 0.3) is 0 Å². The fraction of sp³-hybridized carbons (Fsp3) is 1.00. The molecule has 0 fully saturated rings. The molecule has 1 atom stereocenters. The lowest BCUT2D eigenvalue weighted by atomic mass is 10.3. The Hall–Kier alpha value is -0.400. The first kappa shape index (κ1) is 16.6. The Kier molecular flexibility index (Phi) is 7.65. The maximum Gasteiger partial charge on any atom is 0.319 e. The van der Waals surface area contributed by atoms with Crippen molar-refractivity contribution in [3.05, 3.63) is 0 Å². The summed E-state index contributed by atoms with van der Waals surface area (Å²) < 4.78 is 48.6. The smallest absolute Gasteiger partial charge is 0.319 e. The standard InChI is InChI=1S/C10H20F4N2O/c1-3-16(4-2)6-8(17)5-15-7-10(13,14)9(11)12/h8-9,15,17H,3-7H2,1-2H3. The number of rotatable bonds is 9. The van der Waals surface area contributed by atoms with Crippen LogP contribution in [0.4, 0.5) is 17.6 Å². The summed E-state index contributed by atoms with van der Waals surface area (Å²) in [6, 6.07) is 0. The highest BCUT2D eigenvalue weighted by Gasteiger charge is 2.40. The van der Waals surface area contributed by atoms with Gasteiger partial charge in [-0.1, -0.05) is 13.8 Å². The van der Waals surface area contributed by atoms with Gasteiger partial charge in [-0.15, -0.1) is 0 Å². The molecule has 0 amide bonds. The number of hydrogen-bond acceptors (Lipinski definition) is 3. The van der Waals surface area contributed by atoms with E-state index in [1.165, 1.54) is 0 Å². The molecular formula is C10H20F4N2O. The van der Waals surface area contributed by atoms with Crippen LogP contribution in [0, 0.1) is 0 Å². The molecule has 0 aliphatic carbocycles. The molecule has 0 aromatic rings. The number of likely N-dealkylation sites (N-methyl/N-ethyl adjacent to an activating group) is 1. The first-order valence-electron chi connectivity index (χ1n) is 5.60. The van der Waals surface area contributed by atoms with Crippen molar-refractivity contribution < 1.29 is 22.7 Å². The van der Waals surface area contributed by atoms with E-state index in [2.05, 4.69) is 5.32 Å². The summed E-state index contributed by atoms with van der Waals surface area (Å²) in [5.41, 5.74) is 0. The maximum atomic E-state index is 12.5. The molecule has 0 saturated carbocycles. The Bertz CT molecular complexity index is 201. The lowest BCUT2D eigenvalue weighted by Gasteiger charge is -2.23. The molecule has 0 heterocycles. The van der Waals surface area contributed by atoms with Crippen molar-refractivity contribution in [2.24, 2.45) is 0 Å². The Morgan fingerprint density at radius 2 is 1.76 bits per heavy atom. The van der Waals surface area contributed by atoms with E-state index in [9.17, 15) is 22.7 Å². The van der Waals surface area contributed by atoms with Crippen molar-refractivity contribution in [2.75, 3.05) is 32.7 Å². The zero-order chi connectivity index (χ0) is 13.5. The fourth-order valence-corrected chi connectivity index (χ4v) is 1.33. The average molecular weight is 260 g/mol. The van der Waals surface area contributed by atoms with Gasteiger partial charge in [0.2, 0.25) is 0 Å². The van der Waals surface area contributed by atoms with Crippen LogP contribution in [0.2, 0.25) is 0 Å². The molecule has 3 nitrogen and oxygen atoms in total. The number of nitrogens with one attached hydrogen (secondary N) is 1. The summed E-state index contributed by atoms with van der Waals surface area (Å²) in [5.74, 6) is -4.05. The highest BCUT2D eigenvalue weighted by molar-refractivity contribution is 4.74. The summed E-state index contributed by atoms with van der Waals surface area (Å²) in [6.07, 6.45) is -4.53. The van der Waals surface area contributed by atoms with Gasteiger partial charge in [0, 0.05) is 13.1 Å². The molecule has 0 saturated heterocycles. The summed E-state index contributed by atoms with van der Waals surface area (Å²) >= 11 is 0. The van der Waals surface area contributed by atoms with Gasteiger partial charge in [-0.2, -0.15) is 8.78 Å². The third kappa shape index (κ3) is 6.80. The largest absolute Gasteiger partial charge is 0.390 e. The molecular weight excluding hydrogens is 240 g/mol. The average Bonchev–Trinajstić information content (AvgIpc) is 2.25. The Labute approximate surface area is 98.8 Å². The van der Waals surface area contributed by atoms with Crippen molar-refractivity contribution >= 4 is 0 Å². The van der Waals surface area contributed by atoms with Gasteiger partial charge in [0.25, 0.3) is 0 Å². The number of alkyl halides is 4. The Morgan fingerprint density at radius 1 is 1.24 bits per heavy atom. The predicted molar refractivity (Wildman–Crippen MR) is 57.6 cm³/mol. The second-order valence-electron chi connectivity index (χ2n) is 3.83. The normalized spacial score (nSPS) is 14.6. The third-order valence-corrected chi connectivity index (χ3v) is 2.42. The Balaban J connectivity index is 3.81. The van der Waals surface area contributed by atoms with Crippen molar-refractivity contribution in [3.63, 3.8) is 0 Å². The molecule has 0 spiro atoms. The van der Waals surface area contributed by atoms with Crippen LogP contribution in [0.5, 0.6) is 0 Å². The van der Waals surface area contributed by atoms with E-state index in [-0.39, 0.29) is 6.54 Å². The van der Waals surface area contributed by atoms with Gasteiger partial charge >= 0.3 is 12.3 Å². The second kappa shape index (κ2) is 7.84. The number of hydrogen-bond donors (Lipinski definition) is 2. The van der Waals surface area contributed by atoms with Crippen LogP contribution in [-0.2, 0) is 0 Å². The fourth-order valence-electron chi connectivity index (χ4n) is 1.33. The summed E-state index contributed by atoms with van der Waals surface area (Å²) in [6.45, 7) is 4.38. The van der Waals surface area contributed by atoms with Gasteiger partial charge in [0.1, 0.15) is 0 Å². The molecule has 7 heteroatoms. The topological polar surface area (TPSA) is 35.5 Å². The molecule has 0 aromatic carbocycles. The Morgan fingerprint density at radius 3 is 2.18 bits per heavy atom. The van der Waals surface area contributed by atoms with Crippen molar-refractivity contribution in [1.29, 1.82) is 0 Å². The zero-order valence-electron chi connectivity index (χ0n) is 10.1. The highest BCUT2D eigenvalue weighted by Crippen LogP contribution is 2.21. The minimum absolute atomic E-state index is 0.126. The van der Waals surface area contributed by atoms with E-state index in [0.29, 0.717) is 6.54 Å². The van der Waals surface area contributed by atoms with E-state index in [0.717, 1.165) is 13.1 Å². The highest BCUT2D eigenvalue weighted by atomic mass is 19.3. The molecule has 0 aromatic heterocycles. The number of halogens is 4. The quantitative estimate of drug-likeness (QED) is 0.611. The van der Waals surface area contributed by atoms with Crippen molar-refractivity contribution in [3.8, 4) is 0 Å². The van der Waals surface area contributed by atoms with Crippen LogP contribution < -0.4 is 5.32 Å². The van der Waals surface area contributed by atoms with E-state index < -0.39 is 25.0 Å². The minimum Gasteiger partial charge on any atom is -0.390 e. The number of aliphatic hydroxyl groups excluding tert-OH is 1. The molecule has 104 valence electrons. The van der Waals surface area contributed by atoms with Crippen LogP contribution in [0.3, 0.4) is 0 Å². The molecule has 0 bridgehead atoms. The SMILES string of the molecule is CCN(CC)CC(O)CNCC(F)(F)C(F)F. The molecule has 0 aliphatic rings. The first-order chi connectivity index (χ1) is 7.83. The van der Waals surface area contributed by atoms with Gasteiger partial charge in [-0.05, 0) is 13.1 Å². The molecule has 0 radical (unpaired) electrons.